The number of nitrogens with one attached hydrogen (secondary N) is 1. The van der Waals surface area contributed by atoms with E-state index < -0.39 is 0 Å². The van der Waals surface area contributed by atoms with Crippen molar-refractivity contribution < 1.29 is 4.42 Å². The van der Waals surface area contributed by atoms with E-state index in [-0.39, 0.29) is 0 Å². The van der Waals surface area contributed by atoms with E-state index in [2.05, 4.69) is 31.4 Å². The molecule has 0 aliphatic carbocycles. The number of hydrogen-bond donors (Lipinski definition) is 1. The van der Waals surface area contributed by atoms with Crippen molar-refractivity contribution >= 4 is 21.7 Å². The fourth-order valence-corrected chi connectivity index (χ4v) is 1.61. The zero-order chi connectivity index (χ0) is 10.7. The van der Waals surface area contributed by atoms with Crippen LogP contribution in [0.5, 0.6) is 0 Å². The lowest BCUT2D eigenvalue weighted by Crippen LogP contribution is -2.00. The fourth-order valence-electron chi connectivity index (χ4n) is 1.21. The third-order valence-electron chi connectivity index (χ3n) is 1.87. The van der Waals surface area contributed by atoms with Gasteiger partial charge in [0.25, 0.3) is 0 Å². The Balaban J connectivity index is 2.28. The molecule has 0 radical (unpaired) electrons. The lowest BCUT2D eigenvalue weighted by Gasteiger charge is -2.01. The summed E-state index contributed by atoms with van der Waals surface area (Å²) in [6.45, 7) is 2.84. The first-order chi connectivity index (χ1) is 7.31. The van der Waals surface area contributed by atoms with Crippen molar-refractivity contribution in [2.75, 3.05) is 11.9 Å². The standard InChI is InChI=1S/C10H10BrN3O/c1-2-12-9-4-3-8(13-14-9)10-7(11)5-6-15-10/h3-6H,2H2,1H3,(H,12,14). The molecule has 5 heteroatoms. The molecule has 0 aliphatic heterocycles. The maximum Gasteiger partial charge on any atom is 0.168 e. The summed E-state index contributed by atoms with van der Waals surface area (Å²) < 4.78 is 6.16. The summed E-state index contributed by atoms with van der Waals surface area (Å²) in [5, 5.41) is 11.2. The topological polar surface area (TPSA) is 51.0 Å². The monoisotopic (exact) mass is 267 g/mol. The molecule has 2 aromatic heterocycles. The van der Waals surface area contributed by atoms with Crippen LogP contribution in [0.25, 0.3) is 11.5 Å². The minimum Gasteiger partial charge on any atom is -0.461 e. The Labute approximate surface area is 95.8 Å². The molecule has 1 N–H and O–H groups in total. The van der Waals surface area contributed by atoms with Gasteiger partial charge in [0.05, 0.1) is 10.7 Å². The maximum atomic E-state index is 5.28. The van der Waals surface area contributed by atoms with Gasteiger partial charge in [-0.1, -0.05) is 0 Å². The van der Waals surface area contributed by atoms with Gasteiger partial charge in [-0.05, 0) is 41.1 Å². The quantitative estimate of drug-likeness (QED) is 0.929. The molecule has 0 saturated heterocycles. The number of anilines is 1. The van der Waals surface area contributed by atoms with Crippen molar-refractivity contribution in [1.29, 1.82) is 0 Å². The number of aromatic nitrogens is 2. The number of rotatable bonds is 3. The van der Waals surface area contributed by atoms with E-state index in [0.717, 1.165) is 16.8 Å². The van der Waals surface area contributed by atoms with Crippen molar-refractivity contribution in [3.05, 3.63) is 28.9 Å². The Morgan fingerprint density at radius 1 is 1.33 bits per heavy atom. The molecule has 15 heavy (non-hydrogen) atoms. The zero-order valence-corrected chi connectivity index (χ0v) is 9.78. The third-order valence-corrected chi connectivity index (χ3v) is 2.50. The third kappa shape index (κ3) is 2.18. The van der Waals surface area contributed by atoms with Crippen LogP contribution >= 0.6 is 15.9 Å². The van der Waals surface area contributed by atoms with E-state index >= 15 is 0 Å². The summed E-state index contributed by atoms with van der Waals surface area (Å²) in [6.07, 6.45) is 1.61. The summed E-state index contributed by atoms with van der Waals surface area (Å²) >= 11 is 3.38. The molecular weight excluding hydrogens is 258 g/mol. The highest BCUT2D eigenvalue weighted by atomic mass is 79.9. The summed E-state index contributed by atoms with van der Waals surface area (Å²) in [4.78, 5) is 0. The molecule has 0 aliphatic rings. The van der Waals surface area contributed by atoms with E-state index in [0.29, 0.717) is 11.5 Å². The first kappa shape index (κ1) is 10.2. The second kappa shape index (κ2) is 4.44. The van der Waals surface area contributed by atoms with Crippen LogP contribution in [0.3, 0.4) is 0 Å². The smallest absolute Gasteiger partial charge is 0.168 e. The summed E-state index contributed by atoms with van der Waals surface area (Å²) in [6, 6.07) is 5.57. The minimum atomic E-state index is 0.700. The van der Waals surface area contributed by atoms with Gasteiger partial charge in [0.1, 0.15) is 11.5 Å². The van der Waals surface area contributed by atoms with Crippen LogP contribution in [-0.4, -0.2) is 16.7 Å². The molecule has 78 valence electrons. The van der Waals surface area contributed by atoms with Gasteiger partial charge in [-0.15, -0.1) is 10.2 Å². The Bertz CT molecular complexity index is 438. The maximum absolute atomic E-state index is 5.28. The molecule has 2 aromatic rings. The molecule has 0 fully saturated rings. The molecule has 0 spiro atoms. The number of halogens is 1. The Morgan fingerprint density at radius 2 is 2.20 bits per heavy atom. The van der Waals surface area contributed by atoms with Gasteiger partial charge < -0.3 is 9.73 Å². The molecule has 0 saturated carbocycles. The van der Waals surface area contributed by atoms with Crippen LogP contribution in [0, 0.1) is 0 Å². The Morgan fingerprint density at radius 3 is 2.73 bits per heavy atom. The fraction of sp³-hybridized carbons (Fsp3) is 0.200. The highest BCUT2D eigenvalue weighted by Gasteiger charge is 2.08. The first-order valence-electron chi connectivity index (χ1n) is 4.62. The highest BCUT2D eigenvalue weighted by molar-refractivity contribution is 9.10. The van der Waals surface area contributed by atoms with Crippen LogP contribution in [0.15, 0.2) is 33.4 Å². The number of nitrogens with zero attached hydrogens (tertiary/aromatic N) is 2. The molecule has 0 amide bonds. The summed E-state index contributed by atoms with van der Waals surface area (Å²) in [7, 11) is 0. The minimum absolute atomic E-state index is 0.700. The van der Waals surface area contributed by atoms with Crippen LogP contribution in [0.1, 0.15) is 6.92 Å². The normalized spacial score (nSPS) is 10.3. The predicted octanol–water partition coefficient (Wildman–Crippen LogP) is 2.93. The summed E-state index contributed by atoms with van der Waals surface area (Å²) in [5.74, 6) is 1.47. The lowest BCUT2D eigenvalue weighted by atomic mass is 10.3. The van der Waals surface area contributed by atoms with Gasteiger partial charge in [-0.3, -0.25) is 0 Å². The van der Waals surface area contributed by atoms with Gasteiger partial charge >= 0.3 is 0 Å². The van der Waals surface area contributed by atoms with Crippen molar-refractivity contribution in [2.24, 2.45) is 0 Å². The number of hydrogen-bond acceptors (Lipinski definition) is 4. The molecule has 0 atom stereocenters. The van der Waals surface area contributed by atoms with Gasteiger partial charge in [0, 0.05) is 6.54 Å². The van der Waals surface area contributed by atoms with Crippen molar-refractivity contribution in [3.8, 4) is 11.5 Å². The predicted molar refractivity (Wildman–Crippen MR) is 61.6 cm³/mol. The Kier molecular flexibility index (Phi) is 3.01. The van der Waals surface area contributed by atoms with E-state index in [9.17, 15) is 0 Å². The summed E-state index contributed by atoms with van der Waals surface area (Å²) in [5.41, 5.74) is 0.716. The number of furan rings is 1. The second-order valence-electron chi connectivity index (χ2n) is 2.93. The van der Waals surface area contributed by atoms with E-state index in [1.807, 2.05) is 25.1 Å². The van der Waals surface area contributed by atoms with E-state index in [1.165, 1.54) is 0 Å². The SMILES string of the molecule is CCNc1ccc(-c2occc2Br)nn1. The molecule has 0 bridgehead atoms. The Hall–Kier alpha value is -1.36. The zero-order valence-electron chi connectivity index (χ0n) is 8.20. The van der Waals surface area contributed by atoms with Gasteiger partial charge in [-0.2, -0.15) is 0 Å². The molecule has 0 unspecified atom stereocenters. The highest BCUT2D eigenvalue weighted by Crippen LogP contribution is 2.27. The van der Waals surface area contributed by atoms with Crippen LogP contribution in [0.4, 0.5) is 5.82 Å². The van der Waals surface area contributed by atoms with Crippen LogP contribution in [-0.2, 0) is 0 Å². The lowest BCUT2D eigenvalue weighted by molar-refractivity contribution is 0.577. The van der Waals surface area contributed by atoms with Gasteiger partial charge in [0.15, 0.2) is 5.76 Å². The molecule has 2 heterocycles. The van der Waals surface area contributed by atoms with E-state index in [1.54, 1.807) is 6.26 Å². The first-order valence-corrected chi connectivity index (χ1v) is 5.41. The molecule has 0 aromatic carbocycles. The van der Waals surface area contributed by atoms with Crippen molar-refractivity contribution in [2.45, 2.75) is 6.92 Å². The second-order valence-corrected chi connectivity index (χ2v) is 3.79. The average molecular weight is 268 g/mol. The molecular formula is C10H10BrN3O. The van der Waals surface area contributed by atoms with Gasteiger partial charge in [0.2, 0.25) is 0 Å². The average Bonchev–Trinajstić information content (AvgIpc) is 2.66. The van der Waals surface area contributed by atoms with Gasteiger partial charge in [-0.25, -0.2) is 0 Å². The van der Waals surface area contributed by atoms with Crippen molar-refractivity contribution in [3.63, 3.8) is 0 Å². The van der Waals surface area contributed by atoms with E-state index in [4.69, 9.17) is 4.42 Å². The van der Waals surface area contributed by atoms with Crippen molar-refractivity contribution in [1.82, 2.24) is 10.2 Å². The molecule has 2 rings (SSSR count). The molecule has 4 nitrogen and oxygen atoms in total. The van der Waals surface area contributed by atoms with Crippen LogP contribution < -0.4 is 5.32 Å². The van der Waals surface area contributed by atoms with Crippen LogP contribution in [0.2, 0.25) is 0 Å². The largest absolute Gasteiger partial charge is 0.461 e.